The number of hydrogen-bond acceptors (Lipinski definition) is 2. The van der Waals surface area contributed by atoms with Crippen molar-refractivity contribution in [1.29, 1.82) is 0 Å². The maximum atomic E-state index is 12.8. The molecule has 0 saturated heterocycles. The molecular weight excluding hydrogens is 302 g/mol. The number of aliphatic hydroxyl groups is 1. The van der Waals surface area contributed by atoms with E-state index < -0.39 is 30.1 Å². The van der Waals surface area contributed by atoms with Crippen molar-refractivity contribution in [1.82, 2.24) is 9.78 Å². The van der Waals surface area contributed by atoms with Crippen molar-refractivity contribution < 1.29 is 31.4 Å². The first kappa shape index (κ1) is 15.4. The van der Waals surface area contributed by atoms with Gasteiger partial charge in [0.15, 0.2) is 0 Å². The van der Waals surface area contributed by atoms with Crippen LogP contribution in [0.2, 0.25) is 0 Å². The van der Waals surface area contributed by atoms with E-state index >= 15 is 0 Å². The molecule has 1 aromatic heterocycles. The lowest BCUT2D eigenvalue weighted by molar-refractivity contribution is -0.139. The highest BCUT2D eigenvalue weighted by molar-refractivity contribution is 5.42. The summed E-state index contributed by atoms with van der Waals surface area (Å²) >= 11 is 0. The maximum absolute atomic E-state index is 12.8. The molecule has 0 amide bonds. The normalized spacial score (nSPS) is 12.7. The summed E-state index contributed by atoms with van der Waals surface area (Å²) < 4.78 is 76.4. The van der Waals surface area contributed by atoms with Crippen molar-refractivity contribution in [2.75, 3.05) is 0 Å². The maximum Gasteiger partial charge on any atom is 0.419 e. The van der Waals surface area contributed by atoms with Crippen LogP contribution in [0.15, 0.2) is 30.6 Å². The fourth-order valence-electron chi connectivity index (χ4n) is 1.72. The van der Waals surface area contributed by atoms with Crippen molar-refractivity contribution in [3.8, 4) is 5.69 Å². The Bertz CT molecular complexity index is 644. The summed E-state index contributed by atoms with van der Waals surface area (Å²) in [6.07, 6.45) is -8.24. The van der Waals surface area contributed by atoms with Crippen LogP contribution < -0.4 is 0 Å². The molecule has 0 spiro atoms. The fraction of sp³-hybridized carbons (Fsp3) is 0.250. The van der Waals surface area contributed by atoms with Gasteiger partial charge in [-0.05, 0) is 17.7 Å². The van der Waals surface area contributed by atoms with Gasteiger partial charge in [0.1, 0.15) is 0 Å². The third kappa shape index (κ3) is 3.18. The Morgan fingerprint density at radius 3 is 2.19 bits per heavy atom. The Labute approximate surface area is 114 Å². The molecule has 0 radical (unpaired) electrons. The van der Waals surface area contributed by atoms with Gasteiger partial charge >= 0.3 is 12.4 Å². The molecule has 0 aliphatic heterocycles. The number of halogens is 6. The zero-order chi connectivity index (χ0) is 15.8. The molecular formula is C12H8F6N2O. The highest BCUT2D eigenvalue weighted by atomic mass is 19.4. The molecule has 0 aliphatic carbocycles. The van der Waals surface area contributed by atoms with Crippen LogP contribution in [0.5, 0.6) is 0 Å². The smallest absolute Gasteiger partial charge is 0.392 e. The summed E-state index contributed by atoms with van der Waals surface area (Å²) in [4.78, 5) is 0. The first-order valence-electron chi connectivity index (χ1n) is 5.56. The van der Waals surface area contributed by atoms with E-state index in [1.807, 2.05) is 0 Å². The SMILES string of the molecule is OCc1ccc(-n2cc(C(F)(F)F)cn2)cc1C(F)(F)F. The number of hydrogen-bond donors (Lipinski definition) is 1. The van der Waals surface area contributed by atoms with E-state index in [-0.39, 0.29) is 11.3 Å². The predicted molar refractivity (Wildman–Crippen MR) is 59.5 cm³/mol. The minimum atomic E-state index is -4.73. The van der Waals surface area contributed by atoms with Crippen molar-refractivity contribution in [3.63, 3.8) is 0 Å². The van der Waals surface area contributed by atoms with Crippen LogP contribution in [0.3, 0.4) is 0 Å². The van der Waals surface area contributed by atoms with Crippen LogP contribution in [0, 0.1) is 0 Å². The summed E-state index contributed by atoms with van der Waals surface area (Å²) in [5.74, 6) is 0. The van der Waals surface area contributed by atoms with Gasteiger partial charge in [-0.1, -0.05) is 6.07 Å². The van der Waals surface area contributed by atoms with Crippen molar-refractivity contribution in [3.05, 3.63) is 47.3 Å². The fourth-order valence-corrected chi connectivity index (χ4v) is 1.72. The second-order valence-corrected chi connectivity index (χ2v) is 4.17. The summed E-state index contributed by atoms with van der Waals surface area (Å²) in [7, 11) is 0. The van der Waals surface area contributed by atoms with Crippen LogP contribution in [0.4, 0.5) is 26.3 Å². The lowest BCUT2D eigenvalue weighted by atomic mass is 10.1. The molecule has 114 valence electrons. The average molecular weight is 310 g/mol. The number of rotatable bonds is 2. The molecule has 0 bridgehead atoms. The molecule has 2 rings (SSSR count). The van der Waals surface area contributed by atoms with Crippen LogP contribution in [-0.4, -0.2) is 14.9 Å². The summed E-state index contributed by atoms with van der Waals surface area (Å²) in [5.41, 5.74) is -2.74. The second-order valence-electron chi connectivity index (χ2n) is 4.17. The van der Waals surface area contributed by atoms with Crippen molar-refractivity contribution in [2.24, 2.45) is 0 Å². The van der Waals surface area contributed by atoms with Gasteiger partial charge in [-0.15, -0.1) is 0 Å². The first-order chi connectivity index (χ1) is 9.63. The Morgan fingerprint density at radius 1 is 1.05 bits per heavy atom. The van der Waals surface area contributed by atoms with Crippen LogP contribution in [0.25, 0.3) is 5.69 Å². The number of benzene rings is 1. The van der Waals surface area contributed by atoms with Gasteiger partial charge in [0.05, 0.1) is 29.6 Å². The van der Waals surface area contributed by atoms with E-state index in [9.17, 15) is 26.3 Å². The monoisotopic (exact) mass is 310 g/mol. The number of aliphatic hydroxyl groups excluding tert-OH is 1. The van der Waals surface area contributed by atoms with E-state index in [1.54, 1.807) is 0 Å². The van der Waals surface area contributed by atoms with Gasteiger partial charge in [-0.25, -0.2) is 4.68 Å². The van der Waals surface area contributed by atoms with Gasteiger partial charge in [0.25, 0.3) is 0 Å². The quantitative estimate of drug-likeness (QED) is 0.863. The summed E-state index contributed by atoms with van der Waals surface area (Å²) in [5, 5.41) is 12.3. The van der Waals surface area contributed by atoms with E-state index in [2.05, 4.69) is 5.10 Å². The van der Waals surface area contributed by atoms with Crippen molar-refractivity contribution >= 4 is 0 Å². The third-order valence-electron chi connectivity index (χ3n) is 2.74. The van der Waals surface area contributed by atoms with Crippen LogP contribution >= 0.6 is 0 Å². The topological polar surface area (TPSA) is 38.0 Å². The van der Waals surface area contributed by atoms with E-state index in [1.165, 1.54) is 0 Å². The highest BCUT2D eigenvalue weighted by Crippen LogP contribution is 2.34. The molecule has 21 heavy (non-hydrogen) atoms. The minimum Gasteiger partial charge on any atom is -0.392 e. The zero-order valence-electron chi connectivity index (χ0n) is 10.2. The third-order valence-corrected chi connectivity index (χ3v) is 2.74. The van der Waals surface area contributed by atoms with E-state index in [0.717, 1.165) is 12.1 Å². The molecule has 1 heterocycles. The highest BCUT2D eigenvalue weighted by Gasteiger charge is 2.34. The molecule has 9 heteroatoms. The number of alkyl halides is 6. The van der Waals surface area contributed by atoms with E-state index in [0.29, 0.717) is 23.1 Å². The molecule has 1 N–H and O–H groups in total. The van der Waals surface area contributed by atoms with Crippen LogP contribution in [0.1, 0.15) is 16.7 Å². The Hall–Kier alpha value is -2.03. The molecule has 2 aromatic rings. The van der Waals surface area contributed by atoms with Gasteiger partial charge < -0.3 is 5.11 Å². The summed E-state index contributed by atoms with van der Waals surface area (Å²) in [6, 6.07) is 2.78. The largest absolute Gasteiger partial charge is 0.419 e. The standard InChI is InChI=1S/C12H8F6N2O/c13-11(14,15)8-4-19-20(5-8)9-2-1-7(6-21)10(3-9)12(16,17)18/h1-5,21H,6H2. The number of aromatic nitrogens is 2. The lowest BCUT2D eigenvalue weighted by Crippen LogP contribution is -2.10. The van der Waals surface area contributed by atoms with Crippen molar-refractivity contribution in [2.45, 2.75) is 19.0 Å². The van der Waals surface area contributed by atoms with E-state index in [4.69, 9.17) is 5.11 Å². The van der Waals surface area contributed by atoms with Gasteiger partial charge in [-0.2, -0.15) is 31.4 Å². The lowest BCUT2D eigenvalue weighted by Gasteiger charge is -2.13. The van der Waals surface area contributed by atoms with Gasteiger partial charge in [0, 0.05) is 6.20 Å². The minimum absolute atomic E-state index is 0.185. The molecule has 0 aliphatic rings. The Morgan fingerprint density at radius 2 is 1.71 bits per heavy atom. The average Bonchev–Trinajstić information content (AvgIpc) is 2.86. The molecule has 0 fully saturated rings. The second kappa shape index (κ2) is 5.06. The zero-order valence-corrected chi connectivity index (χ0v) is 10.2. The van der Waals surface area contributed by atoms with Crippen LogP contribution in [-0.2, 0) is 19.0 Å². The molecule has 0 unspecified atom stereocenters. The molecule has 3 nitrogen and oxygen atoms in total. The molecule has 0 atom stereocenters. The van der Waals surface area contributed by atoms with Gasteiger partial charge in [-0.3, -0.25) is 0 Å². The Balaban J connectivity index is 2.48. The molecule has 1 aromatic carbocycles. The first-order valence-corrected chi connectivity index (χ1v) is 5.56. The Kier molecular flexibility index (Phi) is 3.70. The summed E-state index contributed by atoms with van der Waals surface area (Å²) in [6.45, 7) is -0.831. The van der Waals surface area contributed by atoms with Gasteiger partial charge in [0.2, 0.25) is 0 Å². The molecule has 0 saturated carbocycles. The predicted octanol–water partition coefficient (Wildman–Crippen LogP) is 3.40. The number of nitrogens with zero attached hydrogens (tertiary/aromatic N) is 2.